The summed E-state index contributed by atoms with van der Waals surface area (Å²) in [5.41, 5.74) is 7.94. The van der Waals surface area contributed by atoms with Gasteiger partial charge in [-0.25, -0.2) is 4.98 Å². The van der Waals surface area contributed by atoms with Crippen molar-refractivity contribution in [3.63, 3.8) is 0 Å². The van der Waals surface area contributed by atoms with Gasteiger partial charge >= 0.3 is 0 Å². The van der Waals surface area contributed by atoms with E-state index in [0.717, 1.165) is 42.1 Å². The fraction of sp³-hybridized carbons (Fsp3) is 0.381. The van der Waals surface area contributed by atoms with Gasteiger partial charge in [-0.1, -0.05) is 49.6 Å². The van der Waals surface area contributed by atoms with Crippen LogP contribution >= 0.6 is 0 Å². The van der Waals surface area contributed by atoms with Gasteiger partial charge in [0.25, 0.3) is 0 Å². The third-order valence-corrected chi connectivity index (χ3v) is 5.45. The van der Waals surface area contributed by atoms with Crippen molar-refractivity contribution in [2.45, 2.75) is 50.7 Å². The summed E-state index contributed by atoms with van der Waals surface area (Å²) >= 11 is 0. The van der Waals surface area contributed by atoms with E-state index < -0.39 is 0 Å². The first kappa shape index (κ1) is 17.3. The minimum atomic E-state index is -0.291. The SMILES string of the molecule is N#CCC1(n2nc(N)c3c(OCc4ccccc4)nccc32)CCCCC1. The highest BCUT2D eigenvalue weighted by Gasteiger charge is 2.36. The molecule has 0 radical (unpaired) electrons. The van der Waals surface area contributed by atoms with Crippen LogP contribution in [0.5, 0.6) is 5.88 Å². The summed E-state index contributed by atoms with van der Waals surface area (Å²) in [7, 11) is 0. The van der Waals surface area contributed by atoms with Gasteiger partial charge in [-0.3, -0.25) is 4.68 Å². The maximum Gasteiger partial charge on any atom is 0.227 e. The lowest BCUT2D eigenvalue weighted by molar-refractivity contribution is 0.185. The molecule has 1 aliphatic rings. The molecule has 3 aromatic rings. The standard InChI is InChI=1S/C21H23N5O/c22-13-12-21(10-5-2-6-11-21)26-17-9-14-24-20(18(17)19(23)25-26)27-15-16-7-3-1-4-8-16/h1,3-4,7-9,14H,2,5-6,10-12,15H2,(H2,23,25). The molecule has 138 valence electrons. The van der Waals surface area contributed by atoms with Gasteiger partial charge in [0, 0.05) is 6.20 Å². The lowest BCUT2D eigenvalue weighted by Crippen LogP contribution is -2.36. The predicted molar refractivity (Wildman–Crippen MR) is 104 cm³/mol. The van der Waals surface area contributed by atoms with Crippen molar-refractivity contribution in [2.75, 3.05) is 5.73 Å². The summed E-state index contributed by atoms with van der Waals surface area (Å²) in [6.07, 6.45) is 7.46. The number of pyridine rings is 1. The molecule has 2 aromatic heterocycles. The van der Waals surface area contributed by atoms with Gasteiger partial charge in [0.05, 0.1) is 23.5 Å². The number of nitrogen functional groups attached to an aromatic ring is 1. The first-order chi connectivity index (χ1) is 13.2. The maximum atomic E-state index is 9.43. The Hall–Kier alpha value is -3.07. The Morgan fingerprint density at radius 2 is 1.93 bits per heavy atom. The Labute approximate surface area is 158 Å². The molecule has 0 spiro atoms. The average molecular weight is 361 g/mol. The Morgan fingerprint density at radius 3 is 2.67 bits per heavy atom. The van der Waals surface area contributed by atoms with E-state index in [1.807, 2.05) is 41.1 Å². The van der Waals surface area contributed by atoms with Crippen molar-refractivity contribution in [2.24, 2.45) is 0 Å². The molecule has 0 atom stereocenters. The fourth-order valence-corrected chi connectivity index (χ4v) is 4.08. The average Bonchev–Trinajstić information content (AvgIpc) is 3.06. The van der Waals surface area contributed by atoms with Crippen LogP contribution in [0.15, 0.2) is 42.6 Å². The number of rotatable bonds is 5. The Bertz CT molecular complexity index is 967. The molecule has 1 saturated carbocycles. The first-order valence-electron chi connectivity index (χ1n) is 9.41. The zero-order valence-corrected chi connectivity index (χ0v) is 15.3. The van der Waals surface area contributed by atoms with Crippen molar-refractivity contribution in [1.29, 1.82) is 5.26 Å². The topological polar surface area (TPSA) is 89.8 Å². The van der Waals surface area contributed by atoms with Crippen LogP contribution in [0, 0.1) is 11.3 Å². The quantitative estimate of drug-likeness (QED) is 0.737. The number of nitrogens with two attached hydrogens (primary N) is 1. The molecule has 0 amide bonds. The molecule has 1 aromatic carbocycles. The van der Waals surface area contributed by atoms with E-state index in [1.165, 1.54) is 6.42 Å². The second-order valence-corrected chi connectivity index (χ2v) is 7.20. The summed E-state index contributed by atoms with van der Waals surface area (Å²) < 4.78 is 7.94. The van der Waals surface area contributed by atoms with E-state index in [9.17, 15) is 5.26 Å². The number of fused-ring (bicyclic) bond motifs is 1. The number of ether oxygens (including phenoxy) is 1. The highest BCUT2D eigenvalue weighted by molar-refractivity contribution is 5.93. The number of nitrogens with zero attached hydrogens (tertiary/aromatic N) is 4. The molecule has 0 unspecified atom stereocenters. The Balaban J connectivity index is 1.73. The predicted octanol–water partition coefficient (Wildman–Crippen LogP) is 4.17. The van der Waals surface area contributed by atoms with Crippen LogP contribution in [-0.4, -0.2) is 14.8 Å². The molecule has 0 aliphatic heterocycles. The second-order valence-electron chi connectivity index (χ2n) is 7.20. The molecule has 6 heteroatoms. The zero-order valence-electron chi connectivity index (χ0n) is 15.3. The Kier molecular flexibility index (Phi) is 4.68. The zero-order chi connectivity index (χ0) is 18.7. The van der Waals surface area contributed by atoms with Gasteiger partial charge < -0.3 is 10.5 Å². The van der Waals surface area contributed by atoms with Crippen LogP contribution in [0.2, 0.25) is 0 Å². The molecule has 27 heavy (non-hydrogen) atoms. The maximum absolute atomic E-state index is 9.43. The largest absolute Gasteiger partial charge is 0.472 e. The Morgan fingerprint density at radius 1 is 1.15 bits per heavy atom. The lowest BCUT2D eigenvalue weighted by Gasteiger charge is -2.36. The van der Waals surface area contributed by atoms with Crippen molar-refractivity contribution < 1.29 is 4.74 Å². The number of hydrogen-bond donors (Lipinski definition) is 1. The van der Waals surface area contributed by atoms with E-state index in [2.05, 4.69) is 16.2 Å². The molecular formula is C21H23N5O. The molecule has 6 nitrogen and oxygen atoms in total. The van der Waals surface area contributed by atoms with Gasteiger partial charge in [0.2, 0.25) is 5.88 Å². The molecular weight excluding hydrogens is 338 g/mol. The number of nitriles is 1. The van der Waals surface area contributed by atoms with Gasteiger partial charge in [-0.15, -0.1) is 0 Å². The summed E-state index contributed by atoms with van der Waals surface area (Å²) in [6.45, 7) is 0.418. The highest BCUT2D eigenvalue weighted by Crippen LogP contribution is 2.41. The number of benzene rings is 1. The van der Waals surface area contributed by atoms with Crippen LogP contribution in [0.1, 0.15) is 44.1 Å². The van der Waals surface area contributed by atoms with Crippen LogP contribution in [0.3, 0.4) is 0 Å². The van der Waals surface area contributed by atoms with Crippen LogP contribution < -0.4 is 10.5 Å². The molecule has 1 aliphatic carbocycles. The molecule has 4 rings (SSSR count). The monoisotopic (exact) mass is 361 g/mol. The van der Waals surface area contributed by atoms with Crippen molar-refractivity contribution in [3.8, 4) is 11.9 Å². The van der Waals surface area contributed by atoms with Gasteiger partial charge in [0.1, 0.15) is 12.0 Å². The number of anilines is 1. The van der Waals surface area contributed by atoms with E-state index >= 15 is 0 Å². The van der Waals surface area contributed by atoms with Gasteiger partial charge in [0.15, 0.2) is 5.82 Å². The van der Waals surface area contributed by atoms with Crippen molar-refractivity contribution >= 4 is 16.7 Å². The minimum absolute atomic E-state index is 0.291. The van der Waals surface area contributed by atoms with Crippen molar-refractivity contribution in [1.82, 2.24) is 14.8 Å². The van der Waals surface area contributed by atoms with Crippen molar-refractivity contribution in [3.05, 3.63) is 48.2 Å². The van der Waals surface area contributed by atoms with Crippen LogP contribution in [0.25, 0.3) is 10.9 Å². The smallest absolute Gasteiger partial charge is 0.227 e. The van der Waals surface area contributed by atoms with Gasteiger partial charge in [-0.05, 0) is 24.5 Å². The summed E-state index contributed by atoms with van der Waals surface area (Å²) in [5, 5.41) is 14.8. The van der Waals surface area contributed by atoms with E-state index in [4.69, 9.17) is 10.5 Å². The molecule has 1 fully saturated rings. The summed E-state index contributed by atoms with van der Waals surface area (Å²) in [4.78, 5) is 4.39. The molecule has 0 bridgehead atoms. The third-order valence-electron chi connectivity index (χ3n) is 5.45. The number of aromatic nitrogens is 3. The number of hydrogen-bond acceptors (Lipinski definition) is 5. The minimum Gasteiger partial charge on any atom is -0.472 e. The summed E-state index contributed by atoms with van der Waals surface area (Å²) in [6, 6.07) is 14.2. The molecule has 2 heterocycles. The summed E-state index contributed by atoms with van der Waals surface area (Å²) in [5.74, 6) is 0.895. The van der Waals surface area contributed by atoms with E-state index in [-0.39, 0.29) is 5.54 Å². The molecule has 2 N–H and O–H groups in total. The second kappa shape index (κ2) is 7.28. The van der Waals surface area contributed by atoms with E-state index in [1.54, 1.807) is 6.20 Å². The van der Waals surface area contributed by atoms with Crippen LogP contribution in [0.4, 0.5) is 5.82 Å². The third kappa shape index (κ3) is 3.21. The normalized spacial score (nSPS) is 16.1. The van der Waals surface area contributed by atoms with Crippen LogP contribution in [-0.2, 0) is 12.1 Å². The van der Waals surface area contributed by atoms with Gasteiger partial charge in [-0.2, -0.15) is 10.4 Å². The van der Waals surface area contributed by atoms with E-state index in [0.29, 0.717) is 24.7 Å². The highest BCUT2D eigenvalue weighted by atomic mass is 16.5. The first-order valence-corrected chi connectivity index (χ1v) is 9.41. The fourth-order valence-electron chi connectivity index (χ4n) is 4.08. The lowest BCUT2D eigenvalue weighted by atomic mass is 9.79. The molecule has 0 saturated heterocycles.